The SMILES string of the molecule is CC(C)(C)c1c[cH-]c2c1CCCC2.CC(C)(C)c1c[cH-]c2c1CCCC2.C[C](C)=[Zr]([Cl])[Cl]. The molecule has 0 heterocycles. The van der Waals surface area contributed by atoms with Gasteiger partial charge in [-0.1, -0.05) is 104 Å². The van der Waals surface area contributed by atoms with E-state index in [1.165, 1.54) is 54.6 Å². The Balaban J connectivity index is 0.000000183. The van der Waals surface area contributed by atoms with Crippen LogP contribution in [-0.2, 0) is 55.4 Å². The van der Waals surface area contributed by atoms with Gasteiger partial charge >= 0.3 is 53.0 Å². The van der Waals surface area contributed by atoms with Crippen molar-refractivity contribution in [1.82, 2.24) is 0 Å². The van der Waals surface area contributed by atoms with E-state index in [2.05, 4.69) is 65.8 Å². The summed E-state index contributed by atoms with van der Waals surface area (Å²) in [6.45, 7) is 17.9. The summed E-state index contributed by atoms with van der Waals surface area (Å²) in [6, 6.07) is 9.37. The standard InChI is InChI=1S/2C13H19.C3H6.2ClH.Zr/c2*1-13(2,3)12-9-8-10-6-4-5-7-11(10)12;1-3-2;;;/h2*8-9H,4-7H2,1-3H3;1-2H3;2*1H;/q2*-1;;;;+2/p-2. The third-order valence-corrected chi connectivity index (χ3v) is 12.9. The topological polar surface area (TPSA) is 0 Å². The molecule has 0 amide bonds. The van der Waals surface area contributed by atoms with Gasteiger partial charge in [0.1, 0.15) is 0 Å². The normalized spacial score (nSPS) is 15.4. The molecule has 2 aliphatic rings. The van der Waals surface area contributed by atoms with E-state index in [1.807, 2.05) is 13.8 Å². The summed E-state index contributed by atoms with van der Waals surface area (Å²) in [5.41, 5.74) is 10.4. The average molecular weight is 555 g/mol. The van der Waals surface area contributed by atoms with Crippen LogP contribution >= 0.6 is 17.0 Å². The minimum absolute atomic E-state index is 0.338. The van der Waals surface area contributed by atoms with Crippen LogP contribution in [0.15, 0.2) is 24.3 Å². The molecule has 0 bridgehead atoms. The average Bonchev–Trinajstić information content (AvgIpc) is 3.33. The van der Waals surface area contributed by atoms with Crippen molar-refractivity contribution in [2.45, 2.75) is 118 Å². The molecule has 2 aromatic carbocycles. The Morgan fingerprint density at radius 1 is 0.688 bits per heavy atom. The number of hydrogen-bond donors (Lipinski definition) is 0. The van der Waals surface area contributed by atoms with Crippen molar-refractivity contribution >= 4 is 20.2 Å². The Kier molecular flexibility index (Phi) is 10.7. The molecule has 0 saturated heterocycles. The fourth-order valence-electron chi connectivity index (χ4n) is 4.81. The molecular weight excluding hydrogens is 510 g/mol. The zero-order valence-electron chi connectivity index (χ0n) is 21.7. The first kappa shape index (κ1) is 28.3. The Hall–Kier alpha value is 0.0331. The number of halogens is 2. The van der Waals surface area contributed by atoms with Gasteiger partial charge in [0, 0.05) is 0 Å². The minimum atomic E-state index is -1.84. The van der Waals surface area contributed by atoms with E-state index in [0.29, 0.717) is 10.8 Å². The van der Waals surface area contributed by atoms with E-state index in [4.69, 9.17) is 17.0 Å². The van der Waals surface area contributed by atoms with Gasteiger partial charge in [0.25, 0.3) is 0 Å². The van der Waals surface area contributed by atoms with Gasteiger partial charge in [-0.3, -0.25) is 0 Å². The van der Waals surface area contributed by atoms with Crippen molar-refractivity contribution in [2.75, 3.05) is 0 Å². The Morgan fingerprint density at radius 3 is 1.28 bits per heavy atom. The van der Waals surface area contributed by atoms with Gasteiger partial charge in [-0.2, -0.15) is 57.6 Å². The van der Waals surface area contributed by atoms with Crippen molar-refractivity contribution < 1.29 is 18.9 Å². The summed E-state index contributed by atoms with van der Waals surface area (Å²) in [7, 11) is 11.1. The van der Waals surface area contributed by atoms with Crippen LogP contribution in [0.25, 0.3) is 0 Å². The molecule has 0 saturated carbocycles. The predicted octanol–water partition coefficient (Wildman–Crippen LogP) is 9.29. The van der Waals surface area contributed by atoms with E-state index in [0.717, 1.165) is 0 Å². The molecule has 0 unspecified atom stereocenters. The molecule has 0 fully saturated rings. The maximum atomic E-state index is 5.54. The molecule has 0 spiro atoms. The van der Waals surface area contributed by atoms with Crippen molar-refractivity contribution in [3.05, 3.63) is 57.6 Å². The summed E-state index contributed by atoms with van der Waals surface area (Å²) in [5, 5.41) is 0. The van der Waals surface area contributed by atoms with E-state index < -0.39 is 18.9 Å². The van der Waals surface area contributed by atoms with Crippen LogP contribution in [0, 0.1) is 0 Å². The summed E-state index contributed by atoms with van der Waals surface area (Å²) in [6.07, 6.45) is 10.8. The first-order chi connectivity index (χ1) is 14.8. The molecule has 0 radical (unpaired) electrons. The third-order valence-electron chi connectivity index (χ3n) is 6.57. The van der Waals surface area contributed by atoms with Crippen LogP contribution in [0.4, 0.5) is 0 Å². The summed E-state index contributed by atoms with van der Waals surface area (Å²) in [5.74, 6) is 0. The Bertz CT molecular complexity index is 814. The van der Waals surface area contributed by atoms with Crippen molar-refractivity contribution in [1.29, 1.82) is 0 Å². The van der Waals surface area contributed by atoms with Gasteiger partial charge in [0.05, 0.1) is 0 Å². The van der Waals surface area contributed by atoms with E-state index in [1.54, 1.807) is 33.4 Å². The molecule has 2 aliphatic carbocycles. The Morgan fingerprint density at radius 2 is 1.00 bits per heavy atom. The van der Waals surface area contributed by atoms with E-state index >= 15 is 0 Å². The van der Waals surface area contributed by atoms with Crippen LogP contribution in [-0.4, -0.2) is 3.21 Å². The van der Waals surface area contributed by atoms with Crippen LogP contribution in [0.5, 0.6) is 0 Å². The van der Waals surface area contributed by atoms with Gasteiger partial charge in [-0.25, -0.2) is 0 Å². The number of hydrogen-bond acceptors (Lipinski definition) is 0. The molecule has 180 valence electrons. The van der Waals surface area contributed by atoms with Gasteiger partial charge in [-0.15, -0.1) is 0 Å². The first-order valence-corrected chi connectivity index (χ1v) is 19.9. The van der Waals surface area contributed by atoms with E-state index in [9.17, 15) is 0 Å². The molecule has 4 rings (SSSR count). The van der Waals surface area contributed by atoms with Crippen molar-refractivity contribution in [2.24, 2.45) is 0 Å². The van der Waals surface area contributed by atoms with Crippen LogP contribution in [0.3, 0.4) is 0 Å². The summed E-state index contributed by atoms with van der Waals surface area (Å²) < 4.78 is 1.24. The first-order valence-electron chi connectivity index (χ1n) is 12.4. The second-order valence-electron chi connectivity index (χ2n) is 11.7. The fraction of sp³-hybridized carbons (Fsp3) is 0.621. The zero-order chi connectivity index (χ0) is 24.1. The molecule has 0 aliphatic heterocycles. The summed E-state index contributed by atoms with van der Waals surface area (Å²) in [4.78, 5) is 0. The molecule has 32 heavy (non-hydrogen) atoms. The molecule has 0 nitrogen and oxygen atoms in total. The van der Waals surface area contributed by atoms with Gasteiger partial charge in [0.2, 0.25) is 0 Å². The monoisotopic (exact) mass is 552 g/mol. The second kappa shape index (κ2) is 12.1. The zero-order valence-corrected chi connectivity index (χ0v) is 25.7. The second-order valence-corrected chi connectivity index (χ2v) is 21.0. The molecule has 3 heteroatoms. The van der Waals surface area contributed by atoms with Gasteiger partial charge < -0.3 is 0 Å². The molecule has 0 aromatic heterocycles. The summed E-state index contributed by atoms with van der Waals surface area (Å²) >= 11 is -1.84. The predicted molar refractivity (Wildman–Crippen MR) is 143 cm³/mol. The van der Waals surface area contributed by atoms with Crippen LogP contribution in [0.1, 0.15) is 114 Å². The molecule has 0 N–H and O–H groups in total. The van der Waals surface area contributed by atoms with E-state index in [-0.39, 0.29) is 0 Å². The van der Waals surface area contributed by atoms with Crippen LogP contribution < -0.4 is 0 Å². The number of rotatable bonds is 0. The third kappa shape index (κ3) is 8.06. The molecule has 0 atom stereocenters. The Labute approximate surface area is 213 Å². The van der Waals surface area contributed by atoms with Crippen molar-refractivity contribution in [3.63, 3.8) is 0 Å². The number of fused-ring (bicyclic) bond motifs is 2. The fourth-order valence-corrected chi connectivity index (χ4v) is 4.81. The quantitative estimate of drug-likeness (QED) is 0.285. The van der Waals surface area contributed by atoms with Crippen LogP contribution in [0.2, 0.25) is 0 Å². The molecule has 2 aromatic rings. The van der Waals surface area contributed by atoms with Crippen molar-refractivity contribution in [3.8, 4) is 0 Å². The maximum absolute atomic E-state index is 5.54. The van der Waals surface area contributed by atoms with Gasteiger partial charge in [-0.05, 0) is 0 Å². The number of aryl methyl sites for hydroxylation is 2. The molecular formula is C29H44Cl2Zr-2. The van der Waals surface area contributed by atoms with Gasteiger partial charge in [0.15, 0.2) is 0 Å².